The van der Waals surface area contributed by atoms with Crippen molar-refractivity contribution >= 4 is 29.9 Å². The summed E-state index contributed by atoms with van der Waals surface area (Å²) in [5.74, 6) is -0.875. The van der Waals surface area contributed by atoms with Crippen LogP contribution in [0.25, 0.3) is 0 Å². The number of alkyl halides is 3. The van der Waals surface area contributed by atoms with E-state index in [0.29, 0.717) is 25.3 Å². The van der Waals surface area contributed by atoms with E-state index < -0.39 is 12.1 Å². The van der Waals surface area contributed by atoms with Crippen LogP contribution in [0.2, 0.25) is 0 Å². The van der Waals surface area contributed by atoms with Crippen LogP contribution in [-0.4, -0.2) is 43.5 Å². The van der Waals surface area contributed by atoms with Gasteiger partial charge in [0.1, 0.15) is 0 Å². The average Bonchev–Trinajstić information content (AvgIpc) is 2.92. The maximum absolute atomic E-state index is 13.1. The van der Waals surface area contributed by atoms with E-state index in [1.807, 2.05) is 0 Å². The summed E-state index contributed by atoms with van der Waals surface area (Å²) >= 11 is 0. The van der Waals surface area contributed by atoms with Crippen LogP contribution in [0.5, 0.6) is 0 Å². The molecule has 2 rings (SSSR count). The highest BCUT2D eigenvalue weighted by atomic mass is 127. The van der Waals surface area contributed by atoms with Crippen molar-refractivity contribution in [1.82, 2.24) is 10.6 Å². The van der Waals surface area contributed by atoms with Crippen molar-refractivity contribution in [3.8, 4) is 0 Å². The largest absolute Gasteiger partial charge is 0.393 e. The highest BCUT2D eigenvalue weighted by Crippen LogP contribution is 2.41. The molecule has 0 bridgehead atoms. The zero-order chi connectivity index (χ0) is 16.9. The summed E-state index contributed by atoms with van der Waals surface area (Å²) in [6.07, 6.45) is 0.788. The molecule has 0 aromatic heterocycles. The normalized spacial score (nSPS) is 31.5. The summed E-state index contributed by atoms with van der Waals surface area (Å²) in [5.41, 5.74) is 0. The molecule has 0 aromatic carbocycles. The van der Waals surface area contributed by atoms with E-state index in [1.165, 1.54) is 0 Å². The van der Waals surface area contributed by atoms with E-state index in [9.17, 15) is 18.3 Å². The molecule has 2 fully saturated rings. The van der Waals surface area contributed by atoms with Gasteiger partial charge in [0.15, 0.2) is 5.96 Å². The minimum Gasteiger partial charge on any atom is -0.393 e. The molecular formula is C16H29F3IN3O. The summed E-state index contributed by atoms with van der Waals surface area (Å²) in [5, 5.41) is 16.0. The maximum Gasteiger partial charge on any atom is 0.392 e. The van der Waals surface area contributed by atoms with Crippen molar-refractivity contribution < 1.29 is 18.3 Å². The second kappa shape index (κ2) is 10.0. The Balaban J connectivity index is 0.00000288. The molecule has 4 nitrogen and oxygen atoms in total. The molecule has 3 N–H and O–H groups in total. The van der Waals surface area contributed by atoms with E-state index in [0.717, 1.165) is 25.7 Å². The fourth-order valence-electron chi connectivity index (χ4n) is 3.81. The minimum atomic E-state index is -4.11. The Hall–Kier alpha value is -0.250. The zero-order valence-corrected chi connectivity index (χ0v) is 16.4. The van der Waals surface area contributed by atoms with Crippen LogP contribution in [0, 0.1) is 17.8 Å². The maximum atomic E-state index is 13.1. The quantitative estimate of drug-likeness (QED) is 0.341. The number of guanidine groups is 1. The number of nitrogens with zero attached hydrogens (tertiary/aromatic N) is 1. The first-order valence-corrected chi connectivity index (χ1v) is 8.61. The van der Waals surface area contributed by atoms with Gasteiger partial charge in [-0.15, -0.1) is 24.0 Å². The zero-order valence-electron chi connectivity index (χ0n) is 14.1. The first-order valence-electron chi connectivity index (χ1n) is 8.61. The van der Waals surface area contributed by atoms with Crippen molar-refractivity contribution in [2.45, 2.75) is 57.2 Å². The van der Waals surface area contributed by atoms with Gasteiger partial charge in [-0.05, 0) is 31.6 Å². The molecule has 0 aromatic rings. The summed E-state index contributed by atoms with van der Waals surface area (Å²) in [6.45, 7) is 0.894. The van der Waals surface area contributed by atoms with Crippen molar-refractivity contribution in [2.24, 2.45) is 22.7 Å². The third kappa shape index (κ3) is 6.24. The Labute approximate surface area is 159 Å². The minimum absolute atomic E-state index is 0. The molecule has 4 atom stereocenters. The molecule has 0 amide bonds. The third-order valence-electron chi connectivity index (χ3n) is 5.24. The van der Waals surface area contributed by atoms with Crippen LogP contribution < -0.4 is 10.6 Å². The predicted molar refractivity (Wildman–Crippen MR) is 99.6 cm³/mol. The predicted octanol–water partition coefficient (Wildman–Crippen LogP) is 3.30. The van der Waals surface area contributed by atoms with Gasteiger partial charge in [-0.2, -0.15) is 13.2 Å². The van der Waals surface area contributed by atoms with E-state index in [4.69, 9.17) is 0 Å². The molecule has 0 heterocycles. The van der Waals surface area contributed by atoms with Crippen LogP contribution in [-0.2, 0) is 0 Å². The van der Waals surface area contributed by atoms with Gasteiger partial charge in [0.05, 0.1) is 12.0 Å². The lowest BCUT2D eigenvalue weighted by Gasteiger charge is -2.33. The standard InChI is InChI=1S/C16H28F3N3O.HI/c1-20-15(22-10-12-6-4-8-14(12)23)21-9-11-5-2-3-7-13(11)16(17,18)19;/h11-14,23H,2-10H2,1H3,(H2,20,21,22);1H. The van der Waals surface area contributed by atoms with Crippen molar-refractivity contribution in [3.05, 3.63) is 0 Å². The van der Waals surface area contributed by atoms with Gasteiger partial charge in [-0.1, -0.05) is 19.3 Å². The molecule has 0 aliphatic heterocycles. The highest BCUT2D eigenvalue weighted by Gasteiger charge is 2.45. The smallest absolute Gasteiger partial charge is 0.392 e. The van der Waals surface area contributed by atoms with Gasteiger partial charge in [0.25, 0.3) is 0 Å². The lowest BCUT2D eigenvalue weighted by atomic mass is 9.79. The van der Waals surface area contributed by atoms with E-state index in [1.54, 1.807) is 7.05 Å². The molecule has 0 radical (unpaired) electrons. The number of nitrogens with one attached hydrogen (secondary N) is 2. The molecule has 2 aliphatic rings. The summed E-state index contributed by atoms with van der Waals surface area (Å²) in [6, 6.07) is 0. The summed E-state index contributed by atoms with van der Waals surface area (Å²) in [4.78, 5) is 4.08. The lowest BCUT2D eigenvalue weighted by molar-refractivity contribution is -0.195. The van der Waals surface area contributed by atoms with Gasteiger partial charge < -0.3 is 15.7 Å². The number of halogens is 4. The van der Waals surface area contributed by atoms with Crippen molar-refractivity contribution in [2.75, 3.05) is 20.1 Å². The number of hydrogen-bond donors (Lipinski definition) is 3. The SMILES string of the molecule is CN=C(NCC1CCCC1O)NCC1CCCCC1C(F)(F)F.I. The van der Waals surface area contributed by atoms with Gasteiger partial charge in [0.2, 0.25) is 0 Å². The van der Waals surface area contributed by atoms with Gasteiger partial charge in [0, 0.05) is 26.1 Å². The Kier molecular flexibility index (Phi) is 9.11. The fraction of sp³-hybridized carbons (Fsp3) is 0.938. The number of rotatable bonds is 4. The molecular weight excluding hydrogens is 434 g/mol. The van der Waals surface area contributed by atoms with E-state index in [2.05, 4.69) is 15.6 Å². The second-order valence-corrected chi connectivity index (χ2v) is 6.78. The number of aliphatic hydroxyl groups is 1. The fourth-order valence-corrected chi connectivity index (χ4v) is 3.81. The topological polar surface area (TPSA) is 56.7 Å². The van der Waals surface area contributed by atoms with Crippen LogP contribution in [0.15, 0.2) is 4.99 Å². The number of aliphatic imine (C=N–C) groups is 1. The van der Waals surface area contributed by atoms with Crippen LogP contribution in [0.3, 0.4) is 0 Å². The summed E-state index contributed by atoms with van der Waals surface area (Å²) in [7, 11) is 1.61. The molecule has 8 heteroatoms. The monoisotopic (exact) mass is 463 g/mol. The molecule has 24 heavy (non-hydrogen) atoms. The van der Waals surface area contributed by atoms with Crippen LogP contribution >= 0.6 is 24.0 Å². The number of aliphatic hydroxyl groups excluding tert-OH is 1. The van der Waals surface area contributed by atoms with Crippen molar-refractivity contribution in [1.29, 1.82) is 0 Å². The Morgan fingerprint density at radius 1 is 1.00 bits per heavy atom. The average molecular weight is 463 g/mol. The second-order valence-electron chi connectivity index (χ2n) is 6.78. The van der Waals surface area contributed by atoms with Crippen LogP contribution in [0.1, 0.15) is 44.9 Å². The molecule has 0 spiro atoms. The highest BCUT2D eigenvalue weighted by molar-refractivity contribution is 14.0. The van der Waals surface area contributed by atoms with Crippen LogP contribution in [0.4, 0.5) is 13.2 Å². The van der Waals surface area contributed by atoms with E-state index >= 15 is 0 Å². The van der Waals surface area contributed by atoms with Gasteiger partial charge in [-0.3, -0.25) is 4.99 Å². The molecule has 2 saturated carbocycles. The Morgan fingerprint density at radius 2 is 1.58 bits per heavy atom. The molecule has 142 valence electrons. The lowest BCUT2D eigenvalue weighted by Crippen LogP contribution is -2.45. The number of hydrogen-bond acceptors (Lipinski definition) is 2. The Bertz CT molecular complexity index is 407. The first-order chi connectivity index (χ1) is 10.9. The summed E-state index contributed by atoms with van der Waals surface area (Å²) < 4.78 is 39.3. The van der Waals surface area contributed by atoms with Gasteiger partial charge in [-0.25, -0.2) is 0 Å². The van der Waals surface area contributed by atoms with E-state index in [-0.39, 0.29) is 54.9 Å². The Morgan fingerprint density at radius 3 is 2.12 bits per heavy atom. The van der Waals surface area contributed by atoms with Crippen molar-refractivity contribution in [3.63, 3.8) is 0 Å². The van der Waals surface area contributed by atoms with Gasteiger partial charge >= 0.3 is 6.18 Å². The first kappa shape index (κ1) is 21.8. The third-order valence-corrected chi connectivity index (χ3v) is 5.24. The molecule has 2 aliphatic carbocycles. The molecule has 0 saturated heterocycles. The molecule has 4 unspecified atom stereocenters.